The number of anilines is 2. The summed E-state index contributed by atoms with van der Waals surface area (Å²) < 4.78 is 32.6. The zero-order chi connectivity index (χ0) is 21.7. The van der Waals surface area contributed by atoms with E-state index in [1.54, 1.807) is 24.3 Å². The van der Waals surface area contributed by atoms with E-state index in [0.29, 0.717) is 30.0 Å². The van der Waals surface area contributed by atoms with Crippen LogP contribution in [-0.2, 0) is 19.6 Å². The van der Waals surface area contributed by atoms with Crippen LogP contribution in [0.3, 0.4) is 0 Å². The molecule has 0 saturated heterocycles. The molecule has 0 heterocycles. The third-order valence-corrected chi connectivity index (χ3v) is 6.58. The van der Waals surface area contributed by atoms with Crippen molar-refractivity contribution in [2.45, 2.75) is 30.6 Å². The Bertz CT molecular complexity index is 1000. The van der Waals surface area contributed by atoms with Crippen LogP contribution in [0.4, 0.5) is 11.4 Å². The van der Waals surface area contributed by atoms with Gasteiger partial charge >= 0.3 is 0 Å². The number of carboxylic acids is 1. The molecule has 1 aliphatic rings. The molecule has 2 N–H and O–H groups in total. The molecule has 1 fully saturated rings. The predicted octanol–water partition coefficient (Wildman–Crippen LogP) is 1.99. The van der Waals surface area contributed by atoms with Gasteiger partial charge in [-0.05, 0) is 61.4 Å². The Balaban J connectivity index is 1.67. The molecule has 1 amide bonds. The summed E-state index contributed by atoms with van der Waals surface area (Å²) in [4.78, 5) is 23.8. The first kappa shape index (κ1) is 21.6. The molecule has 1 saturated carbocycles. The van der Waals surface area contributed by atoms with Gasteiger partial charge in [-0.3, -0.25) is 9.52 Å². The lowest BCUT2D eigenvalue weighted by atomic mass is 9.78. The second-order valence-corrected chi connectivity index (χ2v) is 8.85. The molecule has 0 radical (unpaired) electrons. The molecule has 2 aromatic rings. The fraction of sp³-hybridized carbons (Fsp3) is 0.333. The lowest BCUT2D eigenvalue weighted by molar-refractivity contribution is -0.313. The molecule has 0 aromatic heterocycles. The lowest BCUT2D eigenvalue weighted by Gasteiger charge is -2.31. The molecule has 3 rings (SSSR count). The van der Waals surface area contributed by atoms with Crippen molar-refractivity contribution >= 4 is 33.3 Å². The number of amides is 1. The standard InChI is InChI=1S/C21H24N2O6S/c1-29-16-10-6-15(7-11-16)23-30(27,28)17-12-8-14(9-13-17)22-20(24)18-4-2-3-5-19(18)21(25)26/h6-13,18-19,23H,2-5H2,1H3,(H,22,24)(H,25,26)/p-1/t18-,19-/m1/s1. The van der Waals surface area contributed by atoms with E-state index in [1.165, 1.54) is 31.4 Å². The Morgan fingerprint density at radius 3 is 2.07 bits per heavy atom. The van der Waals surface area contributed by atoms with Gasteiger partial charge in [0.2, 0.25) is 5.91 Å². The van der Waals surface area contributed by atoms with Crippen molar-refractivity contribution in [2.24, 2.45) is 11.8 Å². The highest BCUT2D eigenvalue weighted by Gasteiger charge is 2.31. The molecule has 8 nitrogen and oxygen atoms in total. The van der Waals surface area contributed by atoms with Crippen molar-refractivity contribution in [1.82, 2.24) is 0 Å². The topological polar surface area (TPSA) is 125 Å². The molecule has 30 heavy (non-hydrogen) atoms. The van der Waals surface area contributed by atoms with Crippen LogP contribution < -0.4 is 19.9 Å². The van der Waals surface area contributed by atoms with Gasteiger partial charge in [0, 0.05) is 29.2 Å². The summed E-state index contributed by atoms with van der Waals surface area (Å²) >= 11 is 0. The van der Waals surface area contributed by atoms with E-state index in [4.69, 9.17) is 4.74 Å². The van der Waals surface area contributed by atoms with Crippen molar-refractivity contribution in [3.05, 3.63) is 48.5 Å². The van der Waals surface area contributed by atoms with Gasteiger partial charge in [0.25, 0.3) is 10.0 Å². The minimum Gasteiger partial charge on any atom is -0.550 e. The first-order valence-electron chi connectivity index (χ1n) is 9.59. The highest BCUT2D eigenvalue weighted by atomic mass is 32.2. The SMILES string of the molecule is COc1ccc(NS(=O)(=O)c2ccc(NC(=O)[C@@H]3CCCC[C@H]3C(=O)[O-])cc2)cc1. The highest BCUT2D eigenvalue weighted by Crippen LogP contribution is 2.31. The maximum Gasteiger partial charge on any atom is 0.261 e. The Labute approximate surface area is 175 Å². The summed E-state index contributed by atoms with van der Waals surface area (Å²) in [5.74, 6) is -2.44. The van der Waals surface area contributed by atoms with Crippen LogP contribution in [0.1, 0.15) is 25.7 Å². The summed E-state index contributed by atoms with van der Waals surface area (Å²) in [6, 6.07) is 12.1. The second-order valence-electron chi connectivity index (χ2n) is 7.16. The summed E-state index contributed by atoms with van der Waals surface area (Å²) in [5, 5.41) is 14.0. The number of rotatable bonds is 7. The Kier molecular flexibility index (Phi) is 6.61. The smallest absolute Gasteiger partial charge is 0.261 e. The minimum absolute atomic E-state index is 0.0293. The average molecular weight is 431 g/mol. The maximum atomic E-state index is 12.6. The molecule has 0 aliphatic heterocycles. The summed E-state index contributed by atoms with van der Waals surface area (Å²) in [5.41, 5.74) is 0.782. The molecule has 160 valence electrons. The average Bonchev–Trinajstić information content (AvgIpc) is 2.74. The number of nitrogens with one attached hydrogen (secondary N) is 2. The first-order chi connectivity index (χ1) is 14.3. The largest absolute Gasteiger partial charge is 0.550 e. The molecular weight excluding hydrogens is 408 g/mol. The maximum absolute atomic E-state index is 12.6. The normalized spacial score (nSPS) is 19.0. The van der Waals surface area contributed by atoms with Gasteiger partial charge in [0.15, 0.2) is 0 Å². The van der Waals surface area contributed by atoms with Crippen LogP contribution in [0.25, 0.3) is 0 Å². The quantitative estimate of drug-likeness (QED) is 0.691. The minimum atomic E-state index is -3.81. The number of methoxy groups -OCH3 is 1. The number of aliphatic carboxylic acids is 1. The number of benzene rings is 2. The van der Waals surface area contributed by atoms with Crippen molar-refractivity contribution in [3.63, 3.8) is 0 Å². The molecule has 2 atom stereocenters. The van der Waals surface area contributed by atoms with Crippen molar-refractivity contribution < 1.29 is 27.9 Å². The van der Waals surface area contributed by atoms with E-state index >= 15 is 0 Å². The van der Waals surface area contributed by atoms with Crippen molar-refractivity contribution in [3.8, 4) is 5.75 Å². The number of ether oxygens (including phenoxy) is 1. The zero-order valence-corrected chi connectivity index (χ0v) is 17.3. The van der Waals surface area contributed by atoms with E-state index < -0.39 is 33.7 Å². The van der Waals surface area contributed by atoms with Gasteiger partial charge in [-0.2, -0.15) is 0 Å². The van der Waals surface area contributed by atoms with Crippen LogP contribution in [0, 0.1) is 11.8 Å². The summed E-state index contributed by atoms with van der Waals surface area (Å²) in [7, 11) is -2.29. The molecule has 0 bridgehead atoms. The molecule has 0 unspecified atom stereocenters. The summed E-state index contributed by atoms with van der Waals surface area (Å²) in [6.07, 6.45) is 2.46. The Hall–Kier alpha value is -3.07. The predicted molar refractivity (Wildman–Crippen MR) is 109 cm³/mol. The van der Waals surface area contributed by atoms with Gasteiger partial charge in [-0.15, -0.1) is 0 Å². The zero-order valence-electron chi connectivity index (χ0n) is 16.5. The molecule has 2 aromatic carbocycles. The number of hydrogen-bond acceptors (Lipinski definition) is 6. The third kappa shape index (κ3) is 5.10. The molecule has 9 heteroatoms. The monoisotopic (exact) mass is 431 g/mol. The number of carbonyl (C=O) groups excluding carboxylic acids is 2. The fourth-order valence-corrected chi connectivity index (χ4v) is 4.61. The van der Waals surface area contributed by atoms with E-state index in [-0.39, 0.29) is 4.90 Å². The number of hydrogen-bond donors (Lipinski definition) is 2. The van der Waals surface area contributed by atoms with Gasteiger partial charge in [0.1, 0.15) is 5.75 Å². The number of sulfonamides is 1. The van der Waals surface area contributed by atoms with Crippen LogP contribution in [-0.4, -0.2) is 27.4 Å². The fourth-order valence-electron chi connectivity index (χ4n) is 3.55. The Morgan fingerprint density at radius 2 is 1.50 bits per heavy atom. The highest BCUT2D eigenvalue weighted by molar-refractivity contribution is 7.92. The van der Waals surface area contributed by atoms with Gasteiger partial charge in [-0.1, -0.05) is 12.8 Å². The Morgan fingerprint density at radius 1 is 0.933 bits per heavy atom. The number of carboxylic acid groups (broad SMARTS) is 1. The van der Waals surface area contributed by atoms with Crippen LogP contribution in [0.15, 0.2) is 53.4 Å². The molecule has 0 spiro atoms. The molecule has 1 aliphatic carbocycles. The van der Waals surface area contributed by atoms with E-state index in [0.717, 1.165) is 12.8 Å². The lowest BCUT2D eigenvalue weighted by Crippen LogP contribution is -2.42. The van der Waals surface area contributed by atoms with Gasteiger partial charge < -0.3 is 20.0 Å². The van der Waals surface area contributed by atoms with Gasteiger partial charge in [-0.25, -0.2) is 8.42 Å². The van der Waals surface area contributed by atoms with Crippen molar-refractivity contribution in [2.75, 3.05) is 17.1 Å². The van der Waals surface area contributed by atoms with E-state index in [9.17, 15) is 23.1 Å². The third-order valence-electron chi connectivity index (χ3n) is 5.18. The number of carbonyl (C=O) groups is 2. The van der Waals surface area contributed by atoms with E-state index in [1.807, 2.05) is 0 Å². The first-order valence-corrected chi connectivity index (χ1v) is 11.1. The van der Waals surface area contributed by atoms with Crippen LogP contribution >= 0.6 is 0 Å². The van der Waals surface area contributed by atoms with Gasteiger partial charge in [0.05, 0.1) is 12.0 Å². The van der Waals surface area contributed by atoms with Crippen LogP contribution in [0.5, 0.6) is 5.75 Å². The second kappa shape index (κ2) is 9.17. The summed E-state index contributed by atoms with van der Waals surface area (Å²) in [6.45, 7) is 0. The van der Waals surface area contributed by atoms with Crippen molar-refractivity contribution in [1.29, 1.82) is 0 Å². The van der Waals surface area contributed by atoms with Crippen LogP contribution in [0.2, 0.25) is 0 Å². The molecular formula is C21H23N2O6S-. The van der Waals surface area contributed by atoms with E-state index in [2.05, 4.69) is 10.0 Å².